The third-order valence-corrected chi connectivity index (χ3v) is 15.0. The Morgan fingerprint density at radius 2 is 1.80 bits per heavy atom. The number of aryl methyl sites for hydroxylation is 1. The number of anilines is 1. The molecule has 2 aromatic carbocycles. The molecule has 5 atom stereocenters. The molecule has 5 aliphatic rings. The molecule has 11 nitrogen and oxygen atoms in total. The van der Waals surface area contributed by atoms with Crippen LogP contribution in [-0.4, -0.2) is 99.6 Å². The van der Waals surface area contributed by atoms with Gasteiger partial charge in [0.2, 0.25) is 10.0 Å². The van der Waals surface area contributed by atoms with Crippen LogP contribution < -0.4 is 14.4 Å². The highest BCUT2D eigenvalue weighted by atomic mass is 35.5. The first kappa shape index (κ1) is 40.9. The molecule has 2 saturated heterocycles. The molecule has 4 aliphatic heterocycles. The van der Waals surface area contributed by atoms with Gasteiger partial charge in [-0.15, -0.1) is 0 Å². The van der Waals surface area contributed by atoms with Gasteiger partial charge in [0.05, 0.1) is 10.9 Å². The monoisotopic (exact) mass is 810 g/mol. The van der Waals surface area contributed by atoms with E-state index in [2.05, 4.69) is 26.7 Å². The molecule has 0 aromatic heterocycles. The van der Waals surface area contributed by atoms with Crippen molar-refractivity contribution in [1.29, 1.82) is 0 Å². The van der Waals surface area contributed by atoms with Crippen LogP contribution in [0.5, 0.6) is 5.75 Å². The highest BCUT2D eigenvalue weighted by Gasteiger charge is 2.57. The lowest BCUT2D eigenvalue weighted by Gasteiger charge is -2.62. The number of methoxy groups -OCH3 is 1. The zero-order valence-electron chi connectivity index (χ0n) is 33.8. The van der Waals surface area contributed by atoms with E-state index in [9.17, 15) is 18.0 Å². The first-order valence-electron chi connectivity index (χ1n) is 20.3. The number of hydrogen-bond donors (Lipinski definition) is 1. The third kappa shape index (κ3) is 8.59. The molecule has 13 heteroatoms. The molecule has 1 saturated carbocycles. The number of nitrogens with zero attached hydrogens (tertiary/aromatic N) is 3. The largest absolute Gasteiger partial charge is 0.487 e. The summed E-state index contributed by atoms with van der Waals surface area (Å²) in [4.78, 5) is 32.9. The molecule has 1 spiro atoms. The smallest absolute Gasteiger partial charge is 0.410 e. The molecule has 2 aromatic rings. The van der Waals surface area contributed by atoms with Crippen LogP contribution in [0.1, 0.15) is 88.2 Å². The van der Waals surface area contributed by atoms with Gasteiger partial charge in [0, 0.05) is 68.9 Å². The first-order valence-corrected chi connectivity index (χ1v) is 22.2. The van der Waals surface area contributed by atoms with Crippen molar-refractivity contribution < 1.29 is 32.2 Å². The second-order valence-corrected chi connectivity index (χ2v) is 20.6. The van der Waals surface area contributed by atoms with Crippen molar-refractivity contribution in [3.63, 3.8) is 0 Å². The van der Waals surface area contributed by atoms with Crippen molar-refractivity contribution >= 4 is 39.3 Å². The first-order chi connectivity index (χ1) is 26.5. The lowest BCUT2D eigenvalue weighted by Crippen LogP contribution is -2.74. The standard InChI is InChI=1S/C43H59ClN4O7S/c1-29-10-9-18-43(53-6,28-46-24-42(25-46)26-48(27-42)40(50)55-41(3,4)5)36-16-13-33(36)22-47-19-8-7-11-31-20-35(44)15-12-34(31)23-54-38-17-14-32(21-37(38)47)39(49)45-56(51,52)30(29)2/h9,12,14-15,17-18,20-21,29-30,33,36H,7-8,10-11,13,16,19,22-28H2,1-6H3,(H,45,49)/b18-9+/t29-,30+,33-,36+,43+/m0/s1. The Bertz CT molecular complexity index is 1940. The number of sulfonamides is 1. The van der Waals surface area contributed by atoms with E-state index >= 15 is 0 Å². The molecule has 2 bridgehead atoms. The van der Waals surface area contributed by atoms with E-state index < -0.39 is 32.4 Å². The van der Waals surface area contributed by atoms with Crippen LogP contribution in [0.2, 0.25) is 5.02 Å². The molecule has 56 heavy (non-hydrogen) atoms. The van der Waals surface area contributed by atoms with E-state index in [0.717, 1.165) is 69.5 Å². The summed E-state index contributed by atoms with van der Waals surface area (Å²) >= 11 is 6.41. The Kier molecular flexibility index (Phi) is 11.5. The summed E-state index contributed by atoms with van der Waals surface area (Å²) in [5.74, 6) is 0.265. The summed E-state index contributed by atoms with van der Waals surface area (Å²) < 4.78 is 48.4. The second-order valence-electron chi connectivity index (χ2n) is 18.2. The minimum absolute atomic E-state index is 0.0719. The van der Waals surface area contributed by atoms with Crippen LogP contribution in [0.15, 0.2) is 48.6 Å². The van der Waals surface area contributed by atoms with Gasteiger partial charge in [0.15, 0.2) is 0 Å². The van der Waals surface area contributed by atoms with Gasteiger partial charge in [-0.05, 0) is 125 Å². The number of hydrogen-bond acceptors (Lipinski definition) is 9. The van der Waals surface area contributed by atoms with Crippen LogP contribution in [-0.2, 0) is 32.5 Å². The van der Waals surface area contributed by atoms with Gasteiger partial charge in [-0.1, -0.05) is 36.7 Å². The Morgan fingerprint density at radius 3 is 2.50 bits per heavy atom. The van der Waals surface area contributed by atoms with E-state index in [1.54, 1.807) is 37.1 Å². The van der Waals surface area contributed by atoms with Crippen molar-refractivity contribution in [3.05, 3.63) is 70.3 Å². The van der Waals surface area contributed by atoms with Gasteiger partial charge < -0.3 is 24.0 Å². The summed E-state index contributed by atoms with van der Waals surface area (Å²) in [7, 11) is -2.18. The Balaban J connectivity index is 1.18. The number of fused-ring (bicyclic) bond motifs is 3. The number of allylic oxidation sites excluding steroid dienone is 1. The number of amides is 2. The number of ether oxygens (including phenoxy) is 3. The zero-order chi connectivity index (χ0) is 40.0. The van der Waals surface area contributed by atoms with E-state index in [-0.39, 0.29) is 28.9 Å². The van der Waals surface area contributed by atoms with Crippen LogP contribution in [0.4, 0.5) is 10.5 Å². The molecule has 0 unspecified atom stereocenters. The number of likely N-dealkylation sites (tertiary alicyclic amines) is 2. The number of carbonyl (C=O) groups is 2. The minimum Gasteiger partial charge on any atom is -0.487 e. The van der Waals surface area contributed by atoms with Crippen molar-refractivity contribution in [2.24, 2.45) is 23.2 Å². The highest BCUT2D eigenvalue weighted by molar-refractivity contribution is 7.90. The van der Waals surface area contributed by atoms with Gasteiger partial charge in [-0.25, -0.2) is 17.9 Å². The second kappa shape index (κ2) is 15.8. The molecular formula is C43H59ClN4O7S. The predicted molar refractivity (Wildman–Crippen MR) is 219 cm³/mol. The Morgan fingerprint density at radius 1 is 1.04 bits per heavy atom. The maximum Gasteiger partial charge on any atom is 0.410 e. The summed E-state index contributed by atoms with van der Waals surface area (Å²) in [6.07, 6.45) is 9.35. The molecule has 3 fully saturated rings. The number of halogens is 1. The third-order valence-electron chi connectivity index (χ3n) is 12.8. The molecular weight excluding hydrogens is 752 g/mol. The summed E-state index contributed by atoms with van der Waals surface area (Å²) in [5, 5.41) is -0.109. The number of carbonyl (C=O) groups excluding carboxylic acids is 2. The lowest BCUT2D eigenvalue weighted by atomic mass is 9.63. The van der Waals surface area contributed by atoms with Crippen LogP contribution in [0, 0.1) is 23.2 Å². The van der Waals surface area contributed by atoms with Crippen LogP contribution >= 0.6 is 11.6 Å². The predicted octanol–water partition coefficient (Wildman–Crippen LogP) is 7.07. The average molecular weight is 811 g/mol. The summed E-state index contributed by atoms with van der Waals surface area (Å²) in [6.45, 7) is 14.9. The lowest BCUT2D eigenvalue weighted by molar-refractivity contribution is -0.152. The summed E-state index contributed by atoms with van der Waals surface area (Å²) in [6, 6.07) is 11.2. The molecule has 4 heterocycles. The fraction of sp³-hybridized carbons (Fsp3) is 0.628. The highest BCUT2D eigenvalue weighted by Crippen LogP contribution is 2.49. The van der Waals surface area contributed by atoms with Crippen molar-refractivity contribution in [2.75, 3.05) is 57.8 Å². The normalized spacial score (nSPS) is 29.8. The Labute approximate surface area is 338 Å². The summed E-state index contributed by atoms with van der Waals surface area (Å²) in [5.41, 5.74) is 2.26. The van der Waals surface area contributed by atoms with Gasteiger partial charge >= 0.3 is 6.09 Å². The van der Waals surface area contributed by atoms with E-state index in [1.807, 2.05) is 45.9 Å². The quantitative estimate of drug-likeness (QED) is 0.325. The zero-order valence-corrected chi connectivity index (χ0v) is 35.4. The average Bonchev–Trinajstić information content (AvgIpc) is 3.11. The fourth-order valence-corrected chi connectivity index (χ4v) is 10.9. The number of rotatable bonds is 3. The maximum atomic E-state index is 13.6. The van der Waals surface area contributed by atoms with Gasteiger partial charge in [-0.2, -0.15) is 0 Å². The fourth-order valence-electron chi connectivity index (χ4n) is 9.41. The van der Waals surface area contributed by atoms with E-state index in [4.69, 9.17) is 25.8 Å². The molecule has 2 amide bonds. The Hall–Kier alpha value is -3.32. The minimum atomic E-state index is -3.99. The SMILES string of the molecule is CO[C@@]1(CN2CC3(C2)CN(C(=O)OC(C)(C)C)C3)/C=C/C[C@H](C)[C@@H](C)S(=O)(=O)NC(=O)c2ccc3c(c2)N(CCCCc2cc(Cl)ccc2CO3)C[C@@H]2CC[C@H]21. The molecule has 1 aliphatic carbocycles. The van der Waals surface area contributed by atoms with Crippen LogP contribution in [0.3, 0.4) is 0 Å². The molecule has 306 valence electrons. The number of benzene rings is 2. The maximum absolute atomic E-state index is 13.6. The van der Waals surface area contributed by atoms with E-state index in [1.165, 1.54) is 5.56 Å². The molecule has 0 radical (unpaired) electrons. The van der Waals surface area contributed by atoms with Gasteiger partial charge in [0.1, 0.15) is 23.6 Å². The van der Waals surface area contributed by atoms with Crippen molar-refractivity contribution in [3.8, 4) is 5.75 Å². The van der Waals surface area contributed by atoms with Crippen LogP contribution in [0.25, 0.3) is 0 Å². The number of nitrogens with one attached hydrogen (secondary N) is 1. The molecule has 7 rings (SSSR count). The van der Waals surface area contributed by atoms with Gasteiger partial charge in [0.25, 0.3) is 5.91 Å². The topological polar surface area (TPSA) is 118 Å². The van der Waals surface area contributed by atoms with E-state index in [0.29, 0.717) is 49.4 Å². The molecule has 1 N–H and O–H groups in total. The van der Waals surface area contributed by atoms with Crippen molar-refractivity contribution in [1.82, 2.24) is 14.5 Å². The van der Waals surface area contributed by atoms with Gasteiger partial charge in [-0.3, -0.25) is 9.69 Å². The van der Waals surface area contributed by atoms with Crippen molar-refractivity contribution in [2.45, 2.75) is 96.2 Å².